The van der Waals surface area contributed by atoms with Crippen LogP contribution in [0, 0.1) is 0 Å². The maximum atomic E-state index is 11.8. The zero-order valence-corrected chi connectivity index (χ0v) is 12.8. The van der Waals surface area contributed by atoms with Gasteiger partial charge in [-0.15, -0.1) is 0 Å². The predicted octanol–water partition coefficient (Wildman–Crippen LogP) is 0.114. The molecule has 1 fully saturated rings. The number of hydrogen-bond acceptors (Lipinski definition) is 8. The molecule has 8 nitrogen and oxygen atoms in total. The first-order valence-electron chi connectivity index (χ1n) is 6.84. The number of esters is 3. The second-order valence-electron chi connectivity index (χ2n) is 4.35. The Morgan fingerprint density at radius 2 is 1.50 bits per heavy atom. The molecule has 0 radical (unpaired) electrons. The first-order chi connectivity index (χ1) is 10.4. The monoisotopic (exact) mass is 314 g/mol. The fraction of sp³-hybridized carbons (Fsp3) is 0.615. The van der Waals surface area contributed by atoms with Gasteiger partial charge >= 0.3 is 25.0 Å². The van der Waals surface area contributed by atoms with Crippen LogP contribution in [0.15, 0.2) is 12.2 Å². The molecule has 0 unspecified atom stereocenters. The molecule has 9 heteroatoms. The zero-order chi connectivity index (χ0) is 16.7. The molecule has 1 aliphatic rings. The molecule has 0 aromatic heterocycles. The lowest BCUT2D eigenvalue weighted by atomic mass is 9.81. The van der Waals surface area contributed by atoms with E-state index in [0.717, 1.165) is 0 Å². The lowest BCUT2D eigenvalue weighted by Crippen LogP contribution is -2.39. The van der Waals surface area contributed by atoms with E-state index in [-0.39, 0.29) is 25.1 Å². The molecule has 0 aromatic rings. The van der Waals surface area contributed by atoms with Crippen molar-refractivity contribution in [1.29, 1.82) is 0 Å². The summed E-state index contributed by atoms with van der Waals surface area (Å²) in [4.78, 5) is 35.0. The molecular weight excluding hydrogens is 295 g/mol. The summed E-state index contributed by atoms with van der Waals surface area (Å²) in [6.07, 6.45) is -2.53. The zero-order valence-electron chi connectivity index (χ0n) is 12.8. The smallest absolute Gasteiger partial charge is 0.463 e. The Hall–Kier alpha value is -1.87. The van der Waals surface area contributed by atoms with Gasteiger partial charge in [-0.2, -0.15) is 0 Å². The van der Waals surface area contributed by atoms with Crippen molar-refractivity contribution in [2.24, 2.45) is 0 Å². The van der Waals surface area contributed by atoms with Crippen molar-refractivity contribution in [3.05, 3.63) is 12.2 Å². The van der Waals surface area contributed by atoms with Crippen molar-refractivity contribution < 1.29 is 37.9 Å². The Bertz CT molecular complexity index is 423. The number of hydrogen-bond donors (Lipinski definition) is 0. The van der Waals surface area contributed by atoms with E-state index < -0.39 is 37.2 Å². The van der Waals surface area contributed by atoms with Gasteiger partial charge in [-0.05, 0) is 13.8 Å². The Labute approximate surface area is 128 Å². The summed E-state index contributed by atoms with van der Waals surface area (Å²) < 4.78 is 24.9. The van der Waals surface area contributed by atoms with E-state index in [1.54, 1.807) is 13.8 Å². The molecule has 0 N–H and O–H groups in total. The highest BCUT2D eigenvalue weighted by Crippen LogP contribution is 2.24. The van der Waals surface area contributed by atoms with Gasteiger partial charge in [-0.25, -0.2) is 14.4 Å². The number of rotatable bonds is 7. The van der Waals surface area contributed by atoms with Gasteiger partial charge in [0.05, 0.1) is 20.3 Å². The highest BCUT2D eigenvalue weighted by atomic mass is 16.7. The highest BCUT2D eigenvalue weighted by Gasteiger charge is 2.49. The quantitative estimate of drug-likeness (QED) is 0.283. The number of carbonyl (C=O) groups is 3. The molecule has 0 aromatic carbocycles. The van der Waals surface area contributed by atoms with Crippen molar-refractivity contribution in [3.8, 4) is 0 Å². The molecule has 1 heterocycles. The maximum Gasteiger partial charge on any atom is 0.463 e. The normalized spacial score (nSPS) is 20.4. The average Bonchev–Trinajstić information content (AvgIpc) is 2.90. The fourth-order valence-corrected chi connectivity index (χ4v) is 1.83. The van der Waals surface area contributed by atoms with Crippen molar-refractivity contribution >= 4 is 25.0 Å². The summed E-state index contributed by atoms with van der Waals surface area (Å²) >= 11 is 0. The number of methoxy groups -OCH3 is 1. The molecule has 1 saturated heterocycles. The molecule has 2 atom stereocenters. The van der Waals surface area contributed by atoms with Crippen LogP contribution in [0.3, 0.4) is 0 Å². The van der Waals surface area contributed by atoms with Crippen LogP contribution in [0.4, 0.5) is 0 Å². The predicted molar refractivity (Wildman–Crippen MR) is 74.7 cm³/mol. The second-order valence-corrected chi connectivity index (χ2v) is 4.35. The summed E-state index contributed by atoms with van der Waals surface area (Å²) in [5.74, 6) is -2.09. The standard InChI is InChI=1S/C13H19BO8/c1-5-19-12(16)9-10(13(17)20-6-2)22-14(21-9)7-8(3)11(15)18-4/h9-10H,3,5-7H2,1-2,4H3/t9-,10-/m1/s1. The summed E-state index contributed by atoms with van der Waals surface area (Å²) in [6, 6.07) is 0. The van der Waals surface area contributed by atoms with Crippen LogP contribution in [0.2, 0.25) is 6.32 Å². The lowest BCUT2D eigenvalue weighted by molar-refractivity contribution is -0.163. The average molecular weight is 314 g/mol. The summed E-state index contributed by atoms with van der Waals surface area (Å²) in [6.45, 7) is 7.06. The van der Waals surface area contributed by atoms with Gasteiger partial charge in [0.1, 0.15) is 0 Å². The fourth-order valence-electron chi connectivity index (χ4n) is 1.83. The molecule has 1 aliphatic heterocycles. The maximum absolute atomic E-state index is 11.8. The Balaban J connectivity index is 2.77. The summed E-state index contributed by atoms with van der Waals surface area (Å²) in [5.41, 5.74) is 0.0969. The molecule has 0 aliphatic carbocycles. The SMILES string of the molecule is C=C(CB1O[C@@H](C(=O)OCC)[C@H](C(=O)OCC)O1)C(=O)OC. The van der Waals surface area contributed by atoms with Gasteiger partial charge in [-0.3, -0.25) is 0 Å². The van der Waals surface area contributed by atoms with Gasteiger partial charge in [0.25, 0.3) is 0 Å². The molecular formula is C13H19BO8. The first kappa shape index (κ1) is 18.2. The van der Waals surface area contributed by atoms with Crippen molar-refractivity contribution in [2.45, 2.75) is 32.4 Å². The van der Waals surface area contributed by atoms with Crippen LogP contribution in [-0.2, 0) is 37.9 Å². The molecule has 0 spiro atoms. The van der Waals surface area contributed by atoms with Gasteiger partial charge in [-0.1, -0.05) is 6.58 Å². The van der Waals surface area contributed by atoms with E-state index in [4.69, 9.17) is 18.8 Å². The number of carbonyl (C=O) groups excluding carboxylic acids is 3. The highest BCUT2D eigenvalue weighted by molar-refractivity contribution is 6.47. The minimum absolute atomic E-state index is 0.0432. The van der Waals surface area contributed by atoms with Gasteiger partial charge in [0.2, 0.25) is 0 Å². The van der Waals surface area contributed by atoms with Crippen molar-refractivity contribution in [3.63, 3.8) is 0 Å². The van der Waals surface area contributed by atoms with E-state index in [1.807, 2.05) is 0 Å². The molecule has 0 saturated carbocycles. The van der Waals surface area contributed by atoms with Crippen molar-refractivity contribution in [2.75, 3.05) is 20.3 Å². The molecule has 1 rings (SSSR count). The van der Waals surface area contributed by atoms with Gasteiger partial charge < -0.3 is 23.5 Å². The minimum Gasteiger partial charge on any atom is -0.466 e. The van der Waals surface area contributed by atoms with Crippen LogP contribution < -0.4 is 0 Å². The number of ether oxygens (including phenoxy) is 3. The summed E-state index contributed by atoms with van der Waals surface area (Å²) in [5, 5.41) is 0. The Kier molecular flexibility index (Phi) is 7.06. The third kappa shape index (κ3) is 4.57. The van der Waals surface area contributed by atoms with Crippen LogP contribution in [0.1, 0.15) is 13.8 Å². The van der Waals surface area contributed by atoms with Crippen LogP contribution in [0.5, 0.6) is 0 Å². The Morgan fingerprint density at radius 1 is 1.05 bits per heavy atom. The molecule has 0 bridgehead atoms. The second kappa shape index (κ2) is 8.55. The van der Waals surface area contributed by atoms with E-state index in [9.17, 15) is 14.4 Å². The molecule has 0 amide bonds. The van der Waals surface area contributed by atoms with E-state index in [1.165, 1.54) is 7.11 Å². The lowest BCUT2D eigenvalue weighted by Gasteiger charge is -2.15. The van der Waals surface area contributed by atoms with Crippen LogP contribution in [-0.4, -0.2) is 57.6 Å². The third-order valence-electron chi connectivity index (χ3n) is 2.80. The molecule has 122 valence electrons. The Morgan fingerprint density at radius 3 is 1.86 bits per heavy atom. The summed E-state index contributed by atoms with van der Waals surface area (Å²) in [7, 11) is 0.225. The molecule has 22 heavy (non-hydrogen) atoms. The largest absolute Gasteiger partial charge is 0.466 e. The third-order valence-corrected chi connectivity index (χ3v) is 2.80. The van der Waals surface area contributed by atoms with Gasteiger partial charge in [0.15, 0.2) is 12.2 Å². The van der Waals surface area contributed by atoms with Crippen molar-refractivity contribution in [1.82, 2.24) is 0 Å². The van der Waals surface area contributed by atoms with Gasteiger partial charge in [0, 0.05) is 11.9 Å². The first-order valence-corrected chi connectivity index (χ1v) is 6.84. The van der Waals surface area contributed by atoms with E-state index in [0.29, 0.717) is 0 Å². The minimum atomic E-state index is -1.24. The van der Waals surface area contributed by atoms with Crippen LogP contribution >= 0.6 is 0 Å². The van der Waals surface area contributed by atoms with Crippen LogP contribution in [0.25, 0.3) is 0 Å². The van der Waals surface area contributed by atoms with E-state index in [2.05, 4.69) is 11.3 Å². The topological polar surface area (TPSA) is 97.4 Å². The van der Waals surface area contributed by atoms with E-state index >= 15 is 0 Å².